The summed E-state index contributed by atoms with van der Waals surface area (Å²) < 4.78 is 5.07. The Hall–Kier alpha value is -3.34. The molecule has 126 valence electrons. The summed E-state index contributed by atoms with van der Waals surface area (Å²) in [5.41, 5.74) is 3.12. The molecule has 2 aromatic carbocycles. The van der Waals surface area contributed by atoms with Gasteiger partial charge in [-0.3, -0.25) is 9.59 Å². The lowest BCUT2D eigenvalue weighted by Gasteiger charge is -2.09. The monoisotopic (exact) mass is 334 g/mol. The highest BCUT2D eigenvalue weighted by Crippen LogP contribution is 2.13. The van der Waals surface area contributed by atoms with Crippen molar-refractivity contribution in [1.82, 2.24) is 5.32 Å². The van der Waals surface area contributed by atoms with Crippen LogP contribution >= 0.6 is 0 Å². The largest absolute Gasteiger partial charge is 0.459 e. The molecule has 3 aromatic rings. The maximum Gasteiger partial charge on any atom is 0.291 e. The van der Waals surface area contributed by atoms with Gasteiger partial charge < -0.3 is 15.1 Å². The molecule has 0 unspecified atom stereocenters. The van der Waals surface area contributed by atoms with E-state index >= 15 is 0 Å². The van der Waals surface area contributed by atoms with Crippen molar-refractivity contribution in [3.8, 4) is 0 Å². The van der Waals surface area contributed by atoms with Gasteiger partial charge in [0.15, 0.2) is 5.76 Å². The van der Waals surface area contributed by atoms with Crippen molar-refractivity contribution in [2.45, 2.75) is 13.5 Å². The summed E-state index contributed by atoms with van der Waals surface area (Å²) in [5.74, 6) is -0.188. The molecule has 5 heteroatoms. The first-order valence-electron chi connectivity index (χ1n) is 7.91. The van der Waals surface area contributed by atoms with Crippen molar-refractivity contribution in [1.29, 1.82) is 0 Å². The Bertz CT molecular complexity index is 885. The Morgan fingerprint density at radius 3 is 2.56 bits per heavy atom. The van der Waals surface area contributed by atoms with Crippen LogP contribution in [-0.4, -0.2) is 11.8 Å². The molecule has 0 spiro atoms. The van der Waals surface area contributed by atoms with Gasteiger partial charge in [-0.15, -0.1) is 0 Å². The van der Waals surface area contributed by atoms with Crippen molar-refractivity contribution >= 4 is 17.5 Å². The molecular formula is C20H18N2O3. The van der Waals surface area contributed by atoms with Crippen LogP contribution in [-0.2, 0) is 6.54 Å². The van der Waals surface area contributed by atoms with E-state index in [-0.39, 0.29) is 17.6 Å². The van der Waals surface area contributed by atoms with Crippen LogP contribution in [0.15, 0.2) is 71.3 Å². The van der Waals surface area contributed by atoms with Gasteiger partial charge in [-0.25, -0.2) is 0 Å². The predicted molar refractivity (Wildman–Crippen MR) is 95.5 cm³/mol. The summed E-state index contributed by atoms with van der Waals surface area (Å²) >= 11 is 0. The van der Waals surface area contributed by atoms with Crippen molar-refractivity contribution in [2.75, 3.05) is 5.32 Å². The third kappa shape index (κ3) is 4.14. The fourth-order valence-corrected chi connectivity index (χ4v) is 2.46. The van der Waals surface area contributed by atoms with Gasteiger partial charge in [-0.05, 0) is 48.4 Å². The number of benzene rings is 2. The second kappa shape index (κ2) is 7.49. The lowest BCUT2D eigenvalue weighted by molar-refractivity contribution is 0.0949. The fourth-order valence-electron chi connectivity index (χ4n) is 2.46. The summed E-state index contributed by atoms with van der Waals surface area (Å²) in [7, 11) is 0. The zero-order valence-corrected chi connectivity index (χ0v) is 13.8. The van der Waals surface area contributed by atoms with E-state index in [0.29, 0.717) is 17.8 Å². The average Bonchev–Trinajstić information content (AvgIpc) is 3.15. The van der Waals surface area contributed by atoms with E-state index in [9.17, 15) is 9.59 Å². The van der Waals surface area contributed by atoms with Crippen molar-refractivity contribution < 1.29 is 14.0 Å². The third-order valence-corrected chi connectivity index (χ3v) is 3.77. The van der Waals surface area contributed by atoms with Gasteiger partial charge in [0.1, 0.15) is 0 Å². The summed E-state index contributed by atoms with van der Waals surface area (Å²) in [6.45, 7) is 2.28. The highest BCUT2D eigenvalue weighted by Gasteiger charge is 2.10. The Morgan fingerprint density at radius 2 is 1.80 bits per heavy atom. The molecule has 0 aliphatic carbocycles. The van der Waals surface area contributed by atoms with E-state index in [1.54, 1.807) is 24.3 Å². The van der Waals surface area contributed by atoms with Crippen molar-refractivity contribution in [3.05, 3.63) is 89.4 Å². The third-order valence-electron chi connectivity index (χ3n) is 3.77. The van der Waals surface area contributed by atoms with Crippen LogP contribution in [0.1, 0.15) is 32.0 Å². The number of amides is 2. The van der Waals surface area contributed by atoms with Crippen LogP contribution in [0, 0.1) is 6.92 Å². The molecule has 3 rings (SSSR count). The van der Waals surface area contributed by atoms with E-state index in [1.807, 2.05) is 43.3 Å². The maximum atomic E-state index is 12.3. The second-order valence-corrected chi connectivity index (χ2v) is 5.63. The molecule has 2 amide bonds. The minimum atomic E-state index is -0.314. The Labute approximate surface area is 145 Å². The molecule has 0 bridgehead atoms. The molecule has 0 saturated carbocycles. The van der Waals surface area contributed by atoms with Crippen LogP contribution < -0.4 is 10.6 Å². The summed E-state index contributed by atoms with van der Waals surface area (Å²) in [4.78, 5) is 24.3. The van der Waals surface area contributed by atoms with Crippen LogP contribution in [0.2, 0.25) is 0 Å². The molecule has 5 nitrogen and oxygen atoms in total. The number of hydrogen-bond acceptors (Lipinski definition) is 3. The van der Waals surface area contributed by atoms with E-state index in [0.717, 1.165) is 11.1 Å². The molecule has 0 aliphatic rings. The molecule has 0 radical (unpaired) electrons. The summed E-state index contributed by atoms with van der Waals surface area (Å²) in [6, 6.07) is 18.0. The van der Waals surface area contributed by atoms with Crippen LogP contribution in [0.3, 0.4) is 0 Å². The Balaban J connectivity index is 1.63. The number of furan rings is 1. The normalized spacial score (nSPS) is 10.3. The lowest BCUT2D eigenvalue weighted by Crippen LogP contribution is -2.23. The molecule has 1 heterocycles. The number of rotatable bonds is 5. The van der Waals surface area contributed by atoms with Gasteiger partial charge in [-0.2, -0.15) is 0 Å². The van der Waals surface area contributed by atoms with E-state index in [2.05, 4.69) is 10.6 Å². The first-order chi connectivity index (χ1) is 12.1. The number of hydrogen-bond donors (Lipinski definition) is 2. The molecule has 0 saturated heterocycles. The predicted octanol–water partition coefficient (Wildman–Crippen LogP) is 3.77. The quantitative estimate of drug-likeness (QED) is 0.746. The molecule has 0 aliphatic heterocycles. The molecule has 0 atom stereocenters. The fraction of sp³-hybridized carbons (Fsp3) is 0.100. The molecular weight excluding hydrogens is 316 g/mol. The molecule has 2 N–H and O–H groups in total. The molecule has 1 aromatic heterocycles. The number of nitrogens with one attached hydrogen (secondary N) is 2. The highest BCUT2D eigenvalue weighted by molar-refractivity contribution is 6.02. The maximum absolute atomic E-state index is 12.3. The first-order valence-corrected chi connectivity index (χ1v) is 7.91. The van der Waals surface area contributed by atoms with E-state index < -0.39 is 0 Å². The molecule has 0 fully saturated rings. The highest BCUT2D eigenvalue weighted by atomic mass is 16.3. The summed E-state index contributed by atoms with van der Waals surface area (Å²) in [6.07, 6.45) is 1.45. The van der Waals surface area contributed by atoms with Gasteiger partial charge in [0.2, 0.25) is 0 Å². The average molecular weight is 334 g/mol. The summed E-state index contributed by atoms with van der Waals surface area (Å²) in [5, 5.41) is 5.66. The minimum Gasteiger partial charge on any atom is -0.459 e. The number of carbonyl (C=O) groups is 2. The molecule has 25 heavy (non-hydrogen) atoms. The van der Waals surface area contributed by atoms with Gasteiger partial charge in [0.05, 0.1) is 6.26 Å². The Kier molecular flexibility index (Phi) is 4.95. The zero-order valence-electron chi connectivity index (χ0n) is 13.8. The second-order valence-electron chi connectivity index (χ2n) is 5.63. The topological polar surface area (TPSA) is 71.3 Å². The lowest BCUT2D eigenvalue weighted by atomic mass is 10.1. The van der Waals surface area contributed by atoms with Crippen molar-refractivity contribution in [2.24, 2.45) is 0 Å². The van der Waals surface area contributed by atoms with Crippen molar-refractivity contribution in [3.63, 3.8) is 0 Å². The number of aryl methyl sites for hydroxylation is 1. The zero-order chi connectivity index (χ0) is 17.6. The SMILES string of the molecule is Cc1ccccc1C(=O)NCc1cccc(NC(=O)c2ccco2)c1. The van der Waals surface area contributed by atoms with E-state index in [1.165, 1.54) is 6.26 Å². The number of anilines is 1. The Morgan fingerprint density at radius 1 is 0.960 bits per heavy atom. The van der Waals surface area contributed by atoms with Gasteiger partial charge in [0, 0.05) is 17.8 Å². The smallest absolute Gasteiger partial charge is 0.291 e. The standard InChI is InChI=1S/C20H18N2O3/c1-14-6-2-3-9-17(14)19(23)21-13-15-7-4-8-16(12-15)22-20(24)18-10-5-11-25-18/h2-12H,13H2,1H3,(H,21,23)(H,22,24). The van der Waals surface area contributed by atoms with Crippen LogP contribution in [0.5, 0.6) is 0 Å². The van der Waals surface area contributed by atoms with Gasteiger partial charge in [0.25, 0.3) is 11.8 Å². The van der Waals surface area contributed by atoms with Gasteiger partial charge >= 0.3 is 0 Å². The van der Waals surface area contributed by atoms with E-state index in [4.69, 9.17) is 4.42 Å². The first kappa shape index (κ1) is 16.5. The number of carbonyl (C=O) groups excluding carboxylic acids is 2. The van der Waals surface area contributed by atoms with Crippen LogP contribution in [0.25, 0.3) is 0 Å². The minimum absolute atomic E-state index is 0.122. The van der Waals surface area contributed by atoms with Gasteiger partial charge in [-0.1, -0.05) is 30.3 Å². The van der Waals surface area contributed by atoms with Crippen LogP contribution in [0.4, 0.5) is 5.69 Å².